The van der Waals surface area contributed by atoms with Gasteiger partial charge in [-0.25, -0.2) is 4.98 Å². The number of nitrogens with one attached hydrogen (secondary N) is 2. The minimum Gasteiger partial charge on any atom is -0.354 e. The molecule has 3 rings (SSSR count). The minimum absolute atomic E-state index is 0.0129. The monoisotopic (exact) mass is 327 g/mol. The maximum absolute atomic E-state index is 12.3. The van der Waals surface area contributed by atoms with Gasteiger partial charge in [0.05, 0.1) is 11.2 Å². The van der Waals surface area contributed by atoms with Crippen molar-refractivity contribution in [1.29, 1.82) is 0 Å². The molecular weight excluding hydrogens is 308 g/mol. The van der Waals surface area contributed by atoms with Crippen molar-refractivity contribution in [2.75, 3.05) is 0 Å². The van der Waals surface area contributed by atoms with Crippen LogP contribution in [-0.4, -0.2) is 4.98 Å². The van der Waals surface area contributed by atoms with E-state index in [4.69, 9.17) is 11.6 Å². The van der Waals surface area contributed by atoms with Crippen LogP contribution in [0.5, 0.6) is 0 Å². The lowest BCUT2D eigenvalue weighted by atomic mass is 9.85. The van der Waals surface area contributed by atoms with Crippen LogP contribution in [0.1, 0.15) is 31.9 Å². The fraction of sp³-hybridized carbons (Fsp3) is 0.263. The summed E-state index contributed by atoms with van der Waals surface area (Å²) in [5.41, 5.74) is 4.72. The lowest BCUT2D eigenvalue weighted by Crippen LogP contribution is -2.13. The van der Waals surface area contributed by atoms with Crippen LogP contribution in [0.3, 0.4) is 0 Å². The number of H-pyrrole nitrogens is 2. The molecule has 2 aromatic heterocycles. The van der Waals surface area contributed by atoms with Gasteiger partial charge < -0.3 is 4.98 Å². The lowest BCUT2D eigenvalue weighted by Gasteiger charge is -2.22. The second kappa shape index (κ2) is 5.50. The second-order valence-electron chi connectivity index (χ2n) is 6.92. The second-order valence-corrected chi connectivity index (χ2v) is 7.32. The summed E-state index contributed by atoms with van der Waals surface area (Å²) in [7, 11) is 0. The van der Waals surface area contributed by atoms with Crippen LogP contribution in [0.25, 0.3) is 22.2 Å². The number of fused-ring (bicyclic) bond motifs is 1. The van der Waals surface area contributed by atoms with Crippen molar-refractivity contribution in [1.82, 2.24) is 4.98 Å². The highest BCUT2D eigenvalue weighted by atomic mass is 35.5. The van der Waals surface area contributed by atoms with Crippen LogP contribution in [0.15, 0.2) is 41.5 Å². The van der Waals surface area contributed by atoms with Gasteiger partial charge in [0.25, 0.3) is 0 Å². The number of aromatic amines is 2. The van der Waals surface area contributed by atoms with Crippen molar-refractivity contribution in [2.24, 2.45) is 0 Å². The van der Waals surface area contributed by atoms with E-state index in [-0.39, 0.29) is 10.8 Å². The molecule has 0 aliphatic rings. The summed E-state index contributed by atoms with van der Waals surface area (Å²) in [5.74, 6) is 0. The van der Waals surface area contributed by atoms with E-state index in [9.17, 15) is 4.79 Å². The summed E-state index contributed by atoms with van der Waals surface area (Å²) >= 11 is 6.50. The maximum Gasteiger partial charge on any atom is 0.196 e. The summed E-state index contributed by atoms with van der Waals surface area (Å²) in [6, 6.07) is 7.55. The number of rotatable bonds is 1. The molecule has 2 heterocycles. The molecule has 3 nitrogen and oxygen atoms in total. The summed E-state index contributed by atoms with van der Waals surface area (Å²) in [6.45, 7) is 8.47. The Labute approximate surface area is 140 Å². The van der Waals surface area contributed by atoms with Gasteiger partial charge in [0.2, 0.25) is 0 Å². The third-order valence-electron chi connectivity index (χ3n) is 4.09. The molecule has 0 radical (unpaired) electrons. The Bertz CT molecular complexity index is 952. The Balaban J connectivity index is 2.24. The van der Waals surface area contributed by atoms with Crippen molar-refractivity contribution < 1.29 is 4.98 Å². The summed E-state index contributed by atoms with van der Waals surface area (Å²) in [4.78, 5) is 18.6. The number of benzene rings is 1. The van der Waals surface area contributed by atoms with E-state index in [1.807, 2.05) is 19.1 Å². The fourth-order valence-corrected chi connectivity index (χ4v) is 3.27. The Morgan fingerprint density at radius 3 is 2.61 bits per heavy atom. The first-order valence-electron chi connectivity index (χ1n) is 7.61. The first kappa shape index (κ1) is 15.8. The van der Waals surface area contributed by atoms with Crippen molar-refractivity contribution in [3.05, 3.63) is 63.0 Å². The minimum atomic E-state index is -0.0208. The Morgan fingerprint density at radius 2 is 1.91 bits per heavy atom. The van der Waals surface area contributed by atoms with E-state index in [0.717, 1.165) is 32.9 Å². The molecule has 23 heavy (non-hydrogen) atoms. The molecule has 0 fully saturated rings. The fourth-order valence-electron chi connectivity index (χ4n) is 2.82. The molecule has 0 unspecified atom stereocenters. The molecule has 0 saturated carbocycles. The quantitative estimate of drug-likeness (QED) is 0.713. The molecule has 0 aliphatic heterocycles. The smallest absolute Gasteiger partial charge is 0.196 e. The summed E-state index contributed by atoms with van der Waals surface area (Å²) in [5, 5.41) is 1.37. The number of halogens is 1. The molecular formula is C19H20ClN2O+. The summed E-state index contributed by atoms with van der Waals surface area (Å²) < 4.78 is 0. The predicted molar refractivity (Wildman–Crippen MR) is 95.0 cm³/mol. The molecule has 4 heteroatoms. The third kappa shape index (κ3) is 2.89. The van der Waals surface area contributed by atoms with Crippen molar-refractivity contribution in [3.8, 4) is 11.3 Å². The molecule has 0 atom stereocenters. The van der Waals surface area contributed by atoms with Gasteiger partial charge in [-0.2, -0.15) is 0 Å². The highest BCUT2D eigenvalue weighted by Crippen LogP contribution is 2.34. The molecule has 0 amide bonds. The van der Waals surface area contributed by atoms with E-state index < -0.39 is 0 Å². The predicted octanol–water partition coefficient (Wildman–Crippen LogP) is 4.27. The van der Waals surface area contributed by atoms with Gasteiger partial charge in [0.15, 0.2) is 17.8 Å². The van der Waals surface area contributed by atoms with E-state index in [1.165, 1.54) is 0 Å². The van der Waals surface area contributed by atoms with Crippen LogP contribution in [-0.2, 0) is 5.41 Å². The molecule has 118 valence electrons. The molecule has 2 N–H and O–H groups in total. The van der Waals surface area contributed by atoms with Gasteiger partial charge in [0, 0.05) is 22.7 Å². The zero-order chi connectivity index (χ0) is 16.8. The van der Waals surface area contributed by atoms with Gasteiger partial charge in [0.1, 0.15) is 5.39 Å². The van der Waals surface area contributed by atoms with E-state index in [1.54, 1.807) is 18.5 Å². The number of hydrogen-bond donors (Lipinski definition) is 1. The average molecular weight is 328 g/mol. The van der Waals surface area contributed by atoms with E-state index in [2.05, 4.69) is 36.8 Å². The van der Waals surface area contributed by atoms with Gasteiger partial charge >= 0.3 is 0 Å². The largest absolute Gasteiger partial charge is 0.354 e. The summed E-state index contributed by atoms with van der Waals surface area (Å²) in [6.07, 6.45) is 3.51. The molecule has 1 aromatic carbocycles. The number of aromatic nitrogens is 2. The molecule has 0 aliphatic carbocycles. The number of pyridine rings is 2. The van der Waals surface area contributed by atoms with Gasteiger partial charge in [-0.1, -0.05) is 38.4 Å². The highest BCUT2D eigenvalue weighted by molar-refractivity contribution is 6.31. The van der Waals surface area contributed by atoms with Gasteiger partial charge in [-0.05, 0) is 29.5 Å². The first-order chi connectivity index (χ1) is 10.8. The molecule has 0 saturated heterocycles. The Kier molecular flexibility index (Phi) is 3.77. The van der Waals surface area contributed by atoms with E-state index in [0.29, 0.717) is 5.39 Å². The molecule has 3 aromatic rings. The maximum atomic E-state index is 12.3. The lowest BCUT2D eigenvalue weighted by molar-refractivity contribution is -0.375. The Hall–Kier alpha value is -2.13. The average Bonchev–Trinajstić information content (AvgIpc) is 2.48. The van der Waals surface area contributed by atoms with Crippen molar-refractivity contribution >= 4 is 22.5 Å². The molecule has 0 bridgehead atoms. The van der Waals surface area contributed by atoms with Crippen molar-refractivity contribution in [3.63, 3.8) is 0 Å². The Morgan fingerprint density at radius 1 is 1.17 bits per heavy atom. The van der Waals surface area contributed by atoms with Crippen LogP contribution in [0, 0.1) is 6.92 Å². The van der Waals surface area contributed by atoms with Crippen LogP contribution in [0.4, 0.5) is 0 Å². The van der Waals surface area contributed by atoms with Gasteiger partial charge in [-0.3, -0.25) is 4.79 Å². The normalized spacial score (nSPS) is 11.9. The number of hydrogen-bond acceptors (Lipinski definition) is 1. The van der Waals surface area contributed by atoms with Crippen LogP contribution in [0.2, 0.25) is 5.02 Å². The first-order valence-corrected chi connectivity index (χ1v) is 7.99. The van der Waals surface area contributed by atoms with Gasteiger partial charge in [-0.15, -0.1) is 0 Å². The highest BCUT2D eigenvalue weighted by Gasteiger charge is 2.19. The SMILES string of the molecule is Cc1cc(C(C)(C)C)c(Cl)cc1-c1cc(=O)c2c[nH+]ccc2[nH]1. The van der Waals surface area contributed by atoms with Crippen LogP contribution >= 0.6 is 11.6 Å². The van der Waals surface area contributed by atoms with Crippen LogP contribution < -0.4 is 10.4 Å². The number of aryl methyl sites for hydroxylation is 1. The standard InChI is InChI=1S/C19H19ClN2O/c1-11-7-14(19(2,3)4)15(20)8-12(11)17-9-18(23)13-10-21-6-5-16(13)22-17/h5-10H,1-4H3,(H,22,23)/p+1. The topological polar surface area (TPSA) is 47.0 Å². The molecule has 0 spiro atoms. The zero-order valence-electron chi connectivity index (χ0n) is 13.8. The zero-order valence-corrected chi connectivity index (χ0v) is 14.5. The van der Waals surface area contributed by atoms with E-state index >= 15 is 0 Å². The third-order valence-corrected chi connectivity index (χ3v) is 4.40. The van der Waals surface area contributed by atoms with Crippen molar-refractivity contribution in [2.45, 2.75) is 33.1 Å².